The van der Waals surface area contributed by atoms with Gasteiger partial charge in [-0.3, -0.25) is 0 Å². The minimum absolute atomic E-state index is 0.325. The van der Waals surface area contributed by atoms with Crippen LogP contribution in [0.1, 0.15) is 19.3 Å². The summed E-state index contributed by atoms with van der Waals surface area (Å²) in [6, 6.07) is 0.635. The van der Waals surface area contributed by atoms with Crippen LogP contribution >= 0.6 is 0 Å². The molecule has 4 nitrogen and oxygen atoms in total. The van der Waals surface area contributed by atoms with Gasteiger partial charge in [-0.1, -0.05) is 0 Å². The van der Waals surface area contributed by atoms with Crippen molar-refractivity contribution in [2.75, 3.05) is 40.4 Å². The van der Waals surface area contributed by atoms with E-state index in [1.165, 1.54) is 25.9 Å². The minimum atomic E-state index is -0.325. The molecule has 1 unspecified atom stereocenters. The molecule has 0 aromatic heterocycles. The lowest BCUT2D eigenvalue weighted by Crippen LogP contribution is -2.41. The lowest BCUT2D eigenvalue weighted by Gasteiger charge is -2.29. The van der Waals surface area contributed by atoms with E-state index in [4.69, 9.17) is 4.74 Å². The van der Waals surface area contributed by atoms with Crippen LogP contribution in [-0.4, -0.2) is 62.6 Å². The van der Waals surface area contributed by atoms with E-state index in [-0.39, 0.29) is 6.10 Å². The van der Waals surface area contributed by atoms with Crippen molar-refractivity contribution in [3.63, 3.8) is 0 Å². The number of likely N-dealkylation sites (tertiary alicyclic amines) is 1. The summed E-state index contributed by atoms with van der Waals surface area (Å²) in [6.45, 7) is 3.69. The summed E-state index contributed by atoms with van der Waals surface area (Å²) >= 11 is 0. The van der Waals surface area contributed by atoms with Gasteiger partial charge in [-0.15, -0.1) is 0 Å². The molecule has 0 aromatic carbocycles. The first-order valence-electron chi connectivity index (χ1n) is 5.81. The summed E-state index contributed by atoms with van der Waals surface area (Å²) in [5.74, 6) is 0. The summed E-state index contributed by atoms with van der Waals surface area (Å²) in [7, 11) is 3.78. The third kappa shape index (κ3) is 5.47. The molecule has 2 N–H and O–H groups in total. The zero-order chi connectivity index (χ0) is 11.1. The van der Waals surface area contributed by atoms with Crippen LogP contribution in [0, 0.1) is 0 Å². The molecule has 1 fully saturated rings. The van der Waals surface area contributed by atoms with Crippen molar-refractivity contribution in [3.05, 3.63) is 0 Å². The molecule has 0 saturated carbocycles. The summed E-state index contributed by atoms with van der Waals surface area (Å²) in [6.07, 6.45) is 2.89. The molecule has 1 heterocycles. The average molecular weight is 216 g/mol. The molecule has 0 bridgehead atoms. The number of hydrogen-bond donors (Lipinski definition) is 2. The second kappa shape index (κ2) is 7.17. The van der Waals surface area contributed by atoms with Crippen molar-refractivity contribution in [2.24, 2.45) is 0 Å². The number of aliphatic hydroxyl groups excluding tert-OH is 1. The van der Waals surface area contributed by atoms with Crippen LogP contribution in [0.2, 0.25) is 0 Å². The van der Waals surface area contributed by atoms with Crippen molar-refractivity contribution in [3.8, 4) is 0 Å². The number of methoxy groups -OCH3 is 1. The number of nitrogens with zero attached hydrogens (tertiary/aromatic N) is 1. The van der Waals surface area contributed by atoms with Gasteiger partial charge in [0, 0.05) is 13.2 Å². The third-order valence-electron chi connectivity index (χ3n) is 2.99. The molecule has 1 aliphatic heterocycles. The molecule has 1 atom stereocenters. The zero-order valence-electron chi connectivity index (χ0n) is 9.91. The highest BCUT2D eigenvalue weighted by Crippen LogP contribution is 2.08. The topological polar surface area (TPSA) is 44.7 Å². The van der Waals surface area contributed by atoms with E-state index < -0.39 is 0 Å². The minimum Gasteiger partial charge on any atom is -0.391 e. The standard InChI is InChI=1S/C11H24N2O2/c1-13-7-4-10(5-8-13)12-6-3-11(14)9-15-2/h10-12,14H,3-9H2,1-2H3. The maximum absolute atomic E-state index is 9.45. The molecule has 0 amide bonds. The van der Waals surface area contributed by atoms with Crippen molar-refractivity contribution in [1.82, 2.24) is 10.2 Å². The van der Waals surface area contributed by atoms with E-state index in [0.717, 1.165) is 13.0 Å². The van der Waals surface area contributed by atoms with Gasteiger partial charge in [0.2, 0.25) is 0 Å². The molecule has 1 rings (SSSR count). The highest BCUT2D eigenvalue weighted by Gasteiger charge is 2.15. The lowest BCUT2D eigenvalue weighted by atomic mass is 10.1. The fourth-order valence-electron chi connectivity index (χ4n) is 1.94. The van der Waals surface area contributed by atoms with Crippen molar-refractivity contribution < 1.29 is 9.84 Å². The number of nitrogens with one attached hydrogen (secondary N) is 1. The summed E-state index contributed by atoms with van der Waals surface area (Å²) in [5.41, 5.74) is 0. The molecule has 4 heteroatoms. The van der Waals surface area contributed by atoms with E-state index in [1.807, 2.05) is 0 Å². The second-order valence-electron chi connectivity index (χ2n) is 4.43. The maximum atomic E-state index is 9.45. The van der Waals surface area contributed by atoms with Crippen LogP contribution in [0.25, 0.3) is 0 Å². The second-order valence-corrected chi connectivity index (χ2v) is 4.43. The van der Waals surface area contributed by atoms with Gasteiger partial charge in [0.25, 0.3) is 0 Å². The number of aliphatic hydroxyl groups is 1. The first kappa shape index (κ1) is 12.9. The van der Waals surface area contributed by atoms with Gasteiger partial charge in [0.15, 0.2) is 0 Å². The number of rotatable bonds is 6. The predicted molar refractivity (Wildman–Crippen MR) is 61.0 cm³/mol. The summed E-state index contributed by atoms with van der Waals surface area (Å²) in [5, 5.41) is 12.9. The Kier molecular flexibility index (Phi) is 6.17. The number of ether oxygens (including phenoxy) is 1. The molecule has 90 valence electrons. The van der Waals surface area contributed by atoms with Crippen LogP contribution in [-0.2, 0) is 4.74 Å². The Morgan fingerprint density at radius 2 is 2.13 bits per heavy atom. The molecule has 0 aromatic rings. The van der Waals surface area contributed by atoms with Crippen LogP contribution in [0.3, 0.4) is 0 Å². The van der Waals surface area contributed by atoms with Crippen molar-refractivity contribution >= 4 is 0 Å². The normalized spacial score (nSPS) is 21.8. The number of hydrogen-bond acceptors (Lipinski definition) is 4. The van der Waals surface area contributed by atoms with Crippen molar-refractivity contribution in [2.45, 2.75) is 31.4 Å². The van der Waals surface area contributed by atoms with Crippen LogP contribution < -0.4 is 5.32 Å². The monoisotopic (exact) mass is 216 g/mol. The quantitative estimate of drug-likeness (QED) is 0.659. The molecule has 1 saturated heterocycles. The highest BCUT2D eigenvalue weighted by molar-refractivity contribution is 4.75. The lowest BCUT2D eigenvalue weighted by molar-refractivity contribution is 0.0585. The van der Waals surface area contributed by atoms with E-state index in [1.54, 1.807) is 7.11 Å². The Balaban J connectivity index is 2.00. The fraction of sp³-hybridized carbons (Fsp3) is 1.00. The van der Waals surface area contributed by atoms with Crippen LogP contribution in [0.15, 0.2) is 0 Å². The van der Waals surface area contributed by atoms with Gasteiger partial charge in [0.1, 0.15) is 0 Å². The van der Waals surface area contributed by atoms with Gasteiger partial charge in [0.05, 0.1) is 12.7 Å². The third-order valence-corrected chi connectivity index (χ3v) is 2.99. The van der Waals surface area contributed by atoms with Gasteiger partial charge < -0.3 is 20.1 Å². The van der Waals surface area contributed by atoms with Gasteiger partial charge in [-0.05, 0) is 45.9 Å². The van der Waals surface area contributed by atoms with E-state index in [2.05, 4.69) is 17.3 Å². The highest BCUT2D eigenvalue weighted by atomic mass is 16.5. The fourth-order valence-corrected chi connectivity index (χ4v) is 1.94. The number of piperidine rings is 1. The van der Waals surface area contributed by atoms with E-state index in [0.29, 0.717) is 12.6 Å². The summed E-state index contributed by atoms with van der Waals surface area (Å²) in [4.78, 5) is 2.36. The molecule has 0 spiro atoms. The average Bonchev–Trinajstić information content (AvgIpc) is 2.21. The van der Waals surface area contributed by atoms with Gasteiger partial charge in [-0.25, -0.2) is 0 Å². The molecular formula is C11H24N2O2. The Morgan fingerprint density at radius 1 is 1.47 bits per heavy atom. The smallest absolute Gasteiger partial charge is 0.0785 e. The van der Waals surface area contributed by atoms with E-state index in [9.17, 15) is 5.11 Å². The Labute approximate surface area is 92.6 Å². The van der Waals surface area contributed by atoms with Crippen LogP contribution in [0.5, 0.6) is 0 Å². The Hall–Kier alpha value is -0.160. The maximum Gasteiger partial charge on any atom is 0.0785 e. The van der Waals surface area contributed by atoms with Crippen LogP contribution in [0.4, 0.5) is 0 Å². The first-order valence-corrected chi connectivity index (χ1v) is 5.81. The molecular weight excluding hydrogens is 192 g/mol. The molecule has 0 radical (unpaired) electrons. The summed E-state index contributed by atoms with van der Waals surface area (Å²) < 4.78 is 4.88. The van der Waals surface area contributed by atoms with E-state index >= 15 is 0 Å². The first-order chi connectivity index (χ1) is 7.22. The molecule has 15 heavy (non-hydrogen) atoms. The SMILES string of the molecule is COCC(O)CCNC1CCN(C)CC1. The molecule has 1 aliphatic rings. The predicted octanol–water partition coefficient (Wildman–Crippen LogP) is 0.0676. The Morgan fingerprint density at radius 3 is 2.73 bits per heavy atom. The van der Waals surface area contributed by atoms with Gasteiger partial charge in [-0.2, -0.15) is 0 Å². The Bertz CT molecular complexity index is 159. The largest absolute Gasteiger partial charge is 0.391 e. The zero-order valence-corrected chi connectivity index (χ0v) is 9.91. The molecule has 0 aliphatic carbocycles. The van der Waals surface area contributed by atoms with Gasteiger partial charge >= 0.3 is 0 Å². The van der Waals surface area contributed by atoms with Crippen molar-refractivity contribution in [1.29, 1.82) is 0 Å².